The Kier molecular flexibility index (Phi) is 4.95. The first-order valence-electron chi connectivity index (χ1n) is 7.83. The Bertz CT molecular complexity index is 572. The van der Waals surface area contributed by atoms with Crippen LogP contribution in [0, 0.1) is 5.92 Å². The SMILES string of the molecule is CC1CCN(C(CNC(=O)c2ccco2)c2cccs2)CC1. The fourth-order valence-electron chi connectivity index (χ4n) is 2.91. The second kappa shape index (κ2) is 7.11. The molecule has 0 saturated carbocycles. The average Bonchev–Trinajstić information content (AvgIpc) is 3.22. The summed E-state index contributed by atoms with van der Waals surface area (Å²) in [6.45, 7) is 5.13. The van der Waals surface area contributed by atoms with Crippen molar-refractivity contribution in [2.75, 3.05) is 19.6 Å². The lowest BCUT2D eigenvalue weighted by atomic mass is 9.97. The van der Waals surface area contributed by atoms with Crippen molar-refractivity contribution >= 4 is 17.2 Å². The minimum Gasteiger partial charge on any atom is -0.459 e. The number of piperidine rings is 1. The van der Waals surface area contributed by atoms with Gasteiger partial charge in [-0.1, -0.05) is 13.0 Å². The van der Waals surface area contributed by atoms with Crippen molar-refractivity contribution in [2.45, 2.75) is 25.8 Å². The monoisotopic (exact) mass is 318 g/mol. The number of thiophene rings is 1. The predicted octanol–water partition coefficient (Wildman–Crippen LogP) is 3.54. The van der Waals surface area contributed by atoms with Crippen molar-refractivity contribution in [2.24, 2.45) is 5.92 Å². The van der Waals surface area contributed by atoms with Gasteiger partial charge in [0.05, 0.1) is 12.3 Å². The van der Waals surface area contributed by atoms with Crippen LogP contribution in [-0.2, 0) is 0 Å². The van der Waals surface area contributed by atoms with Gasteiger partial charge in [0.15, 0.2) is 5.76 Å². The van der Waals surface area contributed by atoms with Crippen LogP contribution in [0.25, 0.3) is 0 Å². The quantitative estimate of drug-likeness (QED) is 0.917. The number of carbonyl (C=O) groups is 1. The molecular weight excluding hydrogens is 296 g/mol. The van der Waals surface area contributed by atoms with Crippen LogP contribution in [0.5, 0.6) is 0 Å². The van der Waals surface area contributed by atoms with Gasteiger partial charge in [0, 0.05) is 11.4 Å². The van der Waals surface area contributed by atoms with E-state index < -0.39 is 0 Å². The van der Waals surface area contributed by atoms with Crippen LogP contribution in [0.15, 0.2) is 40.3 Å². The second-order valence-corrected chi connectivity index (χ2v) is 6.92. The van der Waals surface area contributed by atoms with Crippen LogP contribution in [0.2, 0.25) is 0 Å². The second-order valence-electron chi connectivity index (χ2n) is 5.94. The van der Waals surface area contributed by atoms with Gasteiger partial charge in [0.1, 0.15) is 0 Å². The summed E-state index contributed by atoms with van der Waals surface area (Å²) >= 11 is 1.76. The number of hydrogen-bond acceptors (Lipinski definition) is 4. The minimum atomic E-state index is -0.142. The van der Waals surface area contributed by atoms with Crippen LogP contribution in [0.4, 0.5) is 0 Å². The standard InChI is InChI=1S/C17H22N2O2S/c1-13-6-8-19(9-7-13)14(16-5-3-11-22-16)12-18-17(20)15-4-2-10-21-15/h2-5,10-11,13-14H,6-9,12H2,1H3,(H,18,20). The number of nitrogens with zero attached hydrogens (tertiary/aromatic N) is 1. The highest BCUT2D eigenvalue weighted by Crippen LogP contribution is 2.29. The number of rotatable bonds is 5. The van der Waals surface area contributed by atoms with Gasteiger partial charge in [0.2, 0.25) is 0 Å². The third-order valence-corrected chi connectivity index (χ3v) is 5.31. The highest BCUT2D eigenvalue weighted by molar-refractivity contribution is 7.10. The number of amides is 1. The molecule has 0 radical (unpaired) electrons. The maximum Gasteiger partial charge on any atom is 0.287 e. The summed E-state index contributed by atoms with van der Waals surface area (Å²) in [5.74, 6) is 1.03. The first kappa shape index (κ1) is 15.3. The fourth-order valence-corrected chi connectivity index (χ4v) is 3.78. The van der Waals surface area contributed by atoms with Crippen molar-refractivity contribution in [3.8, 4) is 0 Å². The van der Waals surface area contributed by atoms with Crippen LogP contribution in [-0.4, -0.2) is 30.4 Å². The van der Waals surface area contributed by atoms with Gasteiger partial charge in [0.25, 0.3) is 5.91 Å². The Balaban J connectivity index is 1.65. The summed E-state index contributed by atoms with van der Waals surface area (Å²) in [6.07, 6.45) is 3.99. The number of hydrogen-bond donors (Lipinski definition) is 1. The van der Waals surface area contributed by atoms with Gasteiger partial charge in [-0.2, -0.15) is 0 Å². The maximum atomic E-state index is 12.1. The van der Waals surface area contributed by atoms with Gasteiger partial charge in [-0.15, -0.1) is 11.3 Å². The van der Waals surface area contributed by atoms with E-state index in [9.17, 15) is 4.79 Å². The largest absolute Gasteiger partial charge is 0.459 e. The molecule has 118 valence electrons. The summed E-state index contributed by atoms with van der Waals surface area (Å²) in [5.41, 5.74) is 0. The molecule has 0 aliphatic carbocycles. The summed E-state index contributed by atoms with van der Waals surface area (Å²) < 4.78 is 5.15. The van der Waals surface area contributed by atoms with E-state index in [1.165, 1.54) is 24.0 Å². The van der Waals surface area contributed by atoms with Crippen molar-refractivity contribution in [1.29, 1.82) is 0 Å². The van der Waals surface area contributed by atoms with E-state index in [0.717, 1.165) is 19.0 Å². The predicted molar refractivity (Wildman–Crippen MR) is 88.1 cm³/mol. The molecule has 2 aromatic rings. The third kappa shape index (κ3) is 3.59. The minimum absolute atomic E-state index is 0.142. The Labute approximate surface area is 135 Å². The number of carbonyl (C=O) groups excluding carboxylic acids is 1. The normalized spacial score (nSPS) is 18.2. The van der Waals surface area contributed by atoms with Gasteiger partial charge in [-0.25, -0.2) is 0 Å². The molecule has 1 saturated heterocycles. The molecule has 3 rings (SSSR count). The molecule has 1 N–H and O–H groups in total. The zero-order valence-corrected chi connectivity index (χ0v) is 13.6. The van der Waals surface area contributed by atoms with Gasteiger partial charge >= 0.3 is 0 Å². The van der Waals surface area contributed by atoms with Crippen LogP contribution in [0.3, 0.4) is 0 Å². The molecule has 3 heterocycles. The topological polar surface area (TPSA) is 45.5 Å². The molecular formula is C17H22N2O2S. The van der Waals surface area contributed by atoms with E-state index in [1.54, 1.807) is 23.5 Å². The van der Waals surface area contributed by atoms with Crippen molar-refractivity contribution in [3.05, 3.63) is 46.5 Å². The molecule has 0 aromatic carbocycles. The van der Waals surface area contributed by atoms with Crippen LogP contribution < -0.4 is 5.32 Å². The zero-order valence-electron chi connectivity index (χ0n) is 12.8. The summed E-state index contributed by atoms with van der Waals surface area (Å²) in [4.78, 5) is 15.9. The molecule has 4 nitrogen and oxygen atoms in total. The van der Waals surface area contributed by atoms with E-state index in [1.807, 2.05) is 0 Å². The third-order valence-electron chi connectivity index (χ3n) is 4.33. The van der Waals surface area contributed by atoms with Crippen molar-refractivity contribution in [3.63, 3.8) is 0 Å². The van der Waals surface area contributed by atoms with E-state index in [0.29, 0.717) is 12.3 Å². The zero-order chi connectivity index (χ0) is 15.4. The molecule has 2 aromatic heterocycles. The molecule has 1 unspecified atom stereocenters. The van der Waals surface area contributed by atoms with Crippen molar-refractivity contribution in [1.82, 2.24) is 10.2 Å². The van der Waals surface area contributed by atoms with Crippen molar-refractivity contribution < 1.29 is 9.21 Å². The fraction of sp³-hybridized carbons (Fsp3) is 0.471. The van der Waals surface area contributed by atoms with E-state index in [-0.39, 0.29) is 11.9 Å². The summed E-state index contributed by atoms with van der Waals surface area (Å²) in [7, 11) is 0. The number of likely N-dealkylation sites (tertiary alicyclic amines) is 1. The average molecular weight is 318 g/mol. The summed E-state index contributed by atoms with van der Waals surface area (Å²) in [5, 5.41) is 5.11. The van der Waals surface area contributed by atoms with Gasteiger partial charge in [-0.3, -0.25) is 9.69 Å². The summed E-state index contributed by atoms with van der Waals surface area (Å²) in [6, 6.07) is 7.92. The first-order chi connectivity index (χ1) is 10.7. The lowest BCUT2D eigenvalue weighted by Gasteiger charge is -2.36. The highest BCUT2D eigenvalue weighted by atomic mass is 32.1. The van der Waals surface area contributed by atoms with E-state index in [2.05, 4.69) is 34.7 Å². The lowest BCUT2D eigenvalue weighted by molar-refractivity contribution is 0.0888. The molecule has 1 aliphatic heterocycles. The van der Waals surface area contributed by atoms with Crippen LogP contribution >= 0.6 is 11.3 Å². The van der Waals surface area contributed by atoms with E-state index >= 15 is 0 Å². The maximum absolute atomic E-state index is 12.1. The molecule has 1 amide bonds. The Morgan fingerprint density at radius 1 is 1.41 bits per heavy atom. The molecule has 1 aliphatic rings. The molecule has 5 heteroatoms. The van der Waals surface area contributed by atoms with Gasteiger partial charge in [-0.05, 0) is 55.4 Å². The smallest absolute Gasteiger partial charge is 0.287 e. The molecule has 1 fully saturated rings. The van der Waals surface area contributed by atoms with Crippen LogP contribution in [0.1, 0.15) is 41.2 Å². The Morgan fingerprint density at radius 2 is 2.23 bits per heavy atom. The highest BCUT2D eigenvalue weighted by Gasteiger charge is 2.26. The van der Waals surface area contributed by atoms with E-state index in [4.69, 9.17) is 4.42 Å². The lowest BCUT2D eigenvalue weighted by Crippen LogP contribution is -2.41. The van der Waals surface area contributed by atoms with Gasteiger partial charge < -0.3 is 9.73 Å². The Morgan fingerprint density at radius 3 is 2.86 bits per heavy atom. The molecule has 22 heavy (non-hydrogen) atoms. The molecule has 0 bridgehead atoms. The number of furan rings is 1. The molecule has 0 spiro atoms. The molecule has 1 atom stereocenters. The number of nitrogens with one attached hydrogen (secondary N) is 1. The Hall–Kier alpha value is -1.59. The first-order valence-corrected chi connectivity index (χ1v) is 8.71.